The molecule has 1 aromatic heterocycles. The second-order valence-electron chi connectivity index (χ2n) is 6.46. The van der Waals surface area contributed by atoms with Crippen LogP contribution in [0.15, 0.2) is 48.7 Å². The van der Waals surface area contributed by atoms with E-state index in [1.54, 1.807) is 22.9 Å². The standard InChI is InChI=1S/C20H23N3O2/c1-15-7-6-11-21-18(15)13-23-16(2)20(25)22(14-19(23)24)12-10-17-8-4-3-5-9-17/h3-9,11,16H,10,12-14H2,1-2H3/t16-/m0/s1. The molecule has 130 valence electrons. The van der Waals surface area contributed by atoms with Crippen LogP contribution in [0.25, 0.3) is 0 Å². The first-order valence-corrected chi connectivity index (χ1v) is 8.59. The van der Waals surface area contributed by atoms with Crippen LogP contribution in [0.3, 0.4) is 0 Å². The molecule has 0 saturated carbocycles. The number of pyridine rings is 1. The third-order valence-electron chi connectivity index (χ3n) is 4.73. The molecular weight excluding hydrogens is 314 g/mol. The average Bonchev–Trinajstić information content (AvgIpc) is 2.63. The molecule has 1 atom stereocenters. The Balaban J connectivity index is 1.66. The molecule has 1 fully saturated rings. The summed E-state index contributed by atoms with van der Waals surface area (Å²) in [5, 5.41) is 0. The van der Waals surface area contributed by atoms with Crippen molar-refractivity contribution in [2.45, 2.75) is 32.9 Å². The molecule has 1 aromatic carbocycles. The van der Waals surface area contributed by atoms with Crippen LogP contribution < -0.4 is 0 Å². The van der Waals surface area contributed by atoms with Gasteiger partial charge in [-0.25, -0.2) is 0 Å². The Morgan fingerprint density at radius 1 is 1.12 bits per heavy atom. The summed E-state index contributed by atoms with van der Waals surface area (Å²) in [6.07, 6.45) is 2.47. The fraction of sp³-hybridized carbons (Fsp3) is 0.350. The quantitative estimate of drug-likeness (QED) is 0.840. The van der Waals surface area contributed by atoms with Gasteiger partial charge in [0.1, 0.15) is 6.04 Å². The highest BCUT2D eigenvalue weighted by atomic mass is 16.2. The Morgan fingerprint density at radius 2 is 1.88 bits per heavy atom. The Hall–Kier alpha value is -2.69. The van der Waals surface area contributed by atoms with Gasteiger partial charge in [0, 0.05) is 12.7 Å². The minimum atomic E-state index is -0.460. The van der Waals surface area contributed by atoms with Crippen LogP contribution in [0.2, 0.25) is 0 Å². The Kier molecular flexibility index (Phi) is 5.12. The zero-order valence-electron chi connectivity index (χ0n) is 14.7. The molecule has 5 heteroatoms. The molecular formula is C20H23N3O2. The average molecular weight is 337 g/mol. The van der Waals surface area contributed by atoms with Crippen molar-refractivity contribution in [1.29, 1.82) is 0 Å². The first kappa shape index (κ1) is 17.1. The number of carbonyl (C=O) groups is 2. The van der Waals surface area contributed by atoms with Crippen LogP contribution >= 0.6 is 0 Å². The van der Waals surface area contributed by atoms with E-state index in [0.717, 1.165) is 17.7 Å². The summed E-state index contributed by atoms with van der Waals surface area (Å²) in [5.74, 6) is -0.0191. The molecule has 0 aliphatic carbocycles. The van der Waals surface area contributed by atoms with Gasteiger partial charge in [0.25, 0.3) is 0 Å². The maximum Gasteiger partial charge on any atom is 0.245 e. The minimum Gasteiger partial charge on any atom is -0.331 e. The second-order valence-corrected chi connectivity index (χ2v) is 6.46. The number of benzene rings is 1. The molecule has 25 heavy (non-hydrogen) atoms. The number of carbonyl (C=O) groups excluding carboxylic acids is 2. The van der Waals surface area contributed by atoms with Gasteiger partial charge in [0.2, 0.25) is 11.8 Å². The van der Waals surface area contributed by atoms with E-state index in [0.29, 0.717) is 13.1 Å². The summed E-state index contributed by atoms with van der Waals surface area (Å²) in [4.78, 5) is 32.9. The Bertz CT molecular complexity index is 761. The van der Waals surface area contributed by atoms with Gasteiger partial charge < -0.3 is 9.80 Å². The normalized spacial score (nSPS) is 17.9. The zero-order chi connectivity index (χ0) is 17.8. The zero-order valence-corrected chi connectivity index (χ0v) is 14.7. The van der Waals surface area contributed by atoms with Crippen molar-refractivity contribution in [3.05, 3.63) is 65.5 Å². The largest absolute Gasteiger partial charge is 0.331 e. The summed E-state index contributed by atoms with van der Waals surface area (Å²) in [6, 6.07) is 13.4. The molecule has 0 spiro atoms. The highest BCUT2D eigenvalue weighted by Crippen LogP contribution is 2.17. The van der Waals surface area contributed by atoms with Gasteiger partial charge in [-0.1, -0.05) is 36.4 Å². The lowest BCUT2D eigenvalue weighted by Crippen LogP contribution is -2.58. The number of hydrogen-bond donors (Lipinski definition) is 0. The van der Waals surface area contributed by atoms with Crippen LogP contribution in [0.5, 0.6) is 0 Å². The Labute approximate surface area is 148 Å². The van der Waals surface area contributed by atoms with Crippen molar-refractivity contribution in [2.75, 3.05) is 13.1 Å². The van der Waals surface area contributed by atoms with Gasteiger partial charge in [-0.2, -0.15) is 0 Å². The molecule has 2 heterocycles. The third-order valence-corrected chi connectivity index (χ3v) is 4.73. The monoisotopic (exact) mass is 337 g/mol. The number of amides is 2. The number of aryl methyl sites for hydroxylation is 1. The SMILES string of the molecule is Cc1cccnc1CN1C(=O)CN(CCc2ccccc2)C(=O)[C@@H]1C. The molecule has 2 aromatic rings. The van der Waals surface area contributed by atoms with Gasteiger partial charge >= 0.3 is 0 Å². The maximum absolute atomic E-state index is 12.7. The van der Waals surface area contributed by atoms with Gasteiger partial charge in [0.15, 0.2) is 0 Å². The topological polar surface area (TPSA) is 53.5 Å². The molecule has 1 saturated heterocycles. The van der Waals surface area contributed by atoms with Crippen LogP contribution in [0.1, 0.15) is 23.7 Å². The van der Waals surface area contributed by atoms with Crippen LogP contribution in [0.4, 0.5) is 0 Å². The molecule has 0 unspecified atom stereocenters. The molecule has 1 aliphatic heterocycles. The van der Waals surface area contributed by atoms with E-state index in [2.05, 4.69) is 4.98 Å². The molecule has 0 N–H and O–H groups in total. The molecule has 5 nitrogen and oxygen atoms in total. The summed E-state index contributed by atoms with van der Waals surface area (Å²) in [5.41, 5.74) is 3.04. The van der Waals surface area contributed by atoms with Gasteiger partial charge in [0.05, 0.1) is 18.8 Å². The number of nitrogens with zero attached hydrogens (tertiary/aromatic N) is 3. The van der Waals surface area contributed by atoms with Crippen molar-refractivity contribution >= 4 is 11.8 Å². The highest BCUT2D eigenvalue weighted by Gasteiger charge is 2.36. The number of piperazine rings is 1. The number of rotatable bonds is 5. The van der Waals surface area contributed by atoms with E-state index >= 15 is 0 Å². The number of hydrogen-bond acceptors (Lipinski definition) is 3. The first-order chi connectivity index (χ1) is 12.1. The lowest BCUT2D eigenvalue weighted by molar-refractivity contribution is -0.155. The van der Waals surface area contributed by atoms with E-state index in [1.165, 1.54) is 5.56 Å². The van der Waals surface area contributed by atoms with Crippen LogP contribution in [-0.2, 0) is 22.6 Å². The van der Waals surface area contributed by atoms with Crippen molar-refractivity contribution in [1.82, 2.24) is 14.8 Å². The maximum atomic E-state index is 12.7. The molecule has 2 amide bonds. The molecule has 1 aliphatic rings. The fourth-order valence-corrected chi connectivity index (χ4v) is 3.11. The summed E-state index contributed by atoms with van der Waals surface area (Å²) >= 11 is 0. The lowest BCUT2D eigenvalue weighted by Gasteiger charge is -2.38. The van der Waals surface area contributed by atoms with Crippen molar-refractivity contribution in [3.63, 3.8) is 0 Å². The summed E-state index contributed by atoms with van der Waals surface area (Å²) < 4.78 is 0. The van der Waals surface area contributed by atoms with E-state index in [9.17, 15) is 9.59 Å². The Morgan fingerprint density at radius 3 is 2.60 bits per heavy atom. The predicted octanol–water partition coefficient (Wildman–Crippen LogP) is 2.19. The predicted molar refractivity (Wildman–Crippen MR) is 95.7 cm³/mol. The van der Waals surface area contributed by atoms with Crippen LogP contribution in [-0.4, -0.2) is 45.7 Å². The van der Waals surface area contributed by atoms with Gasteiger partial charge in [-0.3, -0.25) is 14.6 Å². The highest BCUT2D eigenvalue weighted by molar-refractivity contribution is 5.94. The van der Waals surface area contributed by atoms with Gasteiger partial charge in [-0.15, -0.1) is 0 Å². The van der Waals surface area contributed by atoms with E-state index in [4.69, 9.17) is 0 Å². The minimum absolute atomic E-state index is 0.00381. The first-order valence-electron chi connectivity index (χ1n) is 8.59. The molecule has 0 radical (unpaired) electrons. The molecule has 0 bridgehead atoms. The van der Waals surface area contributed by atoms with Crippen molar-refractivity contribution < 1.29 is 9.59 Å². The third kappa shape index (κ3) is 3.87. The number of aromatic nitrogens is 1. The van der Waals surface area contributed by atoms with E-state index < -0.39 is 6.04 Å². The summed E-state index contributed by atoms with van der Waals surface area (Å²) in [7, 11) is 0. The fourth-order valence-electron chi connectivity index (χ4n) is 3.11. The summed E-state index contributed by atoms with van der Waals surface area (Å²) in [6.45, 7) is 4.85. The van der Waals surface area contributed by atoms with E-state index in [1.807, 2.05) is 49.4 Å². The van der Waals surface area contributed by atoms with Gasteiger partial charge in [-0.05, 0) is 37.5 Å². The van der Waals surface area contributed by atoms with Crippen molar-refractivity contribution in [2.24, 2.45) is 0 Å². The van der Waals surface area contributed by atoms with Crippen molar-refractivity contribution in [3.8, 4) is 0 Å². The second kappa shape index (κ2) is 7.47. The van der Waals surface area contributed by atoms with Crippen LogP contribution in [0, 0.1) is 6.92 Å². The molecule has 3 rings (SSSR count). The smallest absolute Gasteiger partial charge is 0.245 e. The lowest BCUT2D eigenvalue weighted by atomic mass is 10.1. The van der Waals surface area contributed by atoms with E-state index in [-0.39, 0.29) is 18.4 Å².